The summed E-state index contributed by atoms with van der Waals surface area (Å²) in [4.78, 5) is 26.8. The van der Waals surface area contributed by atoms with Gasteiger partial charge < -0.3 is 9.30 Å². The van der Waals surface area contributed by atoms with Crippen LogP contribution in [0.2, 0.25) is 0 Å². The number of nitro groups is 1. The Hall–Kier alpha value is -3.22. The van der Waals surface area contributed by atoms with E-state index >= 15 is 0 Å². The van der Waals surface area contributed by atoms with Crippen LogP contribution >= 0.6 is 0 Å². The number of ether oxygens (including phenoxy) is 1. The van der Waals surface area contributed by atoms with Gasteiger partial charge in [-0.1, -0.05) is 12.1 Å². The summed E-state index contributed by atoms with van der Waals surface area (Å²) in [6.45, 7) is 4.47. The number of nitrogens with zero attached hydrogens (tertiary/aromatic N) is 3. The largest absolute Gasteiger partial charge is 0.462 e. The Kier molecular flexibility index (Phi) is 4.47. The van der Waals surface area contributed by atoms with Crippen molar-refractivity contribution in [3.63, 3.8) is 0 Å². The number of carbonyl (C=O) groups excluding carboxylic acids is 1. The highest BCUT2D eigenvalue weighted by Crippen LogP contribution is 2.21. The highest BCUT2D eigenvalue weighted by molar-refractivity contribution is 5.93. The van der Waals surface area contributed by atoms with Crippen molar-refractivity contribution in [2.24, 2.45) is 0 Å². The number of nitro benzene ring substituents is 1. The smallest absolute Gasteiger partial charge is 0.338 e. The SMILES string of the molecule is CCOC(=O)c1ccc2nc(C)n(Cc3ccc([N+](=O)[O-])cc3)c2c1. The van der Waals surface area contributed by atoms with E-state index in [1.165, 1.54) is 12.1 Å². The molecule has 3 rings (SSSR count). The number of aryl methyl sites for hydroxylation is 1. The van der Waals surface area contributed by atoms with Crippen LogP contribution in [0.1, 0.15) is 28.7 Å². The van der Waals surface area contributed by atoms with Gasteiger partial charge >= 0.3 is 5.97 Å². The lowest BCUT2D eigenvalue weighted by Gasteiger charge is -2.08. The molecule has 0 radical (unpaired) electrons. The van der Waals surface area contributed by atoms with Gasteiger partial charge in [0.25, 0.3) is 5.69 Å². The number of aromatic nitrogens is 2. The molecule has 0 aliphatic rings. The van der Waals surface area contributed by atoms with E-state index in [1.54, 1.807) is 37.3 Å². The molecule has 0 N–H and O–H groups in total. The van der Waals surface area contributed by atoms with Gasteiger partial charge in [0.2, 0.25) is 0 Å². The zero-order valence-corrected chi connectivity index (χ0v) is 13.9. The summed E-state index contributed by atoms with van der Waals surface area (Å²) < 4.78 is 7.02. The fraction of sp³-hybridized carbons (Fsp3) is 0.222. The minimum atomic E-state index is -0.423. The lowest BCUT2D eigenvalue weighted by atomic mass is 10.2. The molecule has 0 aliphatic carbocycles. The summed E-state index contributed by atoms with van der Waals surface area (Å²) in [7, 11) is 0. The summed E-state index contributed by atoms with van der Waals surface area (Å²) in [6.07, 6.45) is 0. The molecule has 3 aromatic rings. The molecule has 128 valence electrons. The first-order valence-electron chi connectivity index (χ1n) is 7.87. The van der Waals surface area contributed by atoms with Crippen LogP contribution in [0.25, 0.3) is 11.0 Å². The van der Waals surface area contributed by atoms with E-state index in [1.807, 2.05) is 11.5 Å². The Bertz CT molecular complexity index is 945. The second kappa shape index (κ2) is 6.72. The summed E-state index contributed by atoms with van der Waals surface area (Å²) in [5, 5.41) is 10.8. The van der Waals surface area contributed by atoms with Crippen molar-refractivity contribution in [3.8, 4) is 0 Å². The number of non-ortho nitro benzene ring substituents is 1. The monoisotopic (exact) mass is 339 g/mol. The van der Waals surface area contributed by atoms with Gasteiger partial charge in [-0.15, -0.1) is 0 Å². The molecule has 0 bridgehead atoms. The summed E-state index contributed by atoms with van der Waals surface area (Å²) in [5.41, 5.74) is 3.04. The third-order valence-corrected chi connectivity index (χ3v) is 3.94. The van der Waals surface area contributed by atoms with E-state index in [0.29, 0.717) is 18.7 Å². The molecule has 0 aliphatic heterocycles. The highest BCUT2D eigenvalue weighted by atomic mass is 16.6. The first-order valence-corrected chi connectivity index (χ1v) is 7.87. The van der Waals surface area contributed by atoms with Gasteiger partial charge in [0, 0.05) is 18.7 Å². The lowest BCUT2D eigenvalue weighted by Crippen LogP contribution is -2.06. The van der Waals surface area contributed by atoms with E-state index < -0.39 is 4.92 Å². The molecule has 0 atom stereocenters. The number of esters is 1. The average molecular weight is 339 g/mol. The standard InChI is InChI=1S/C18H17N3O4/c1-3-25-18(22)14-6-9-16-17(10-14)20(12(2)19-16)11-13-4-7-15(8-5-13)21(23)24/h4-10H,3,11H2,1-2H3. The highest BCUT2D eigenvalue weighted by Gasteiger charge is 2.13. The predicted octanol–water partition coefficient (Wildman–Crippen LogP) is 3.48. The zero-order chi connectivity index (χ0) is 18.0. The number of carbonyl (C=O) groups is 1. The van der Waals surface area contributed by atoms with E-state index in [4.69, 9.17) is 4.74 Å². The molecule has 0 saturated heterocycles. The van der Waals surface area contributed by atoms with Gasteiger partial charge in [-0.2, -0.15) is 0 Å². The van der Waals surface area contributed by atoms with Gasteiger partial charge in [0.05, 0.1) is 28.1 Å². The molecule has 2 aromatic carbocycles. The Labute approximate surface area is 144 Å². The molecule has 0 spiro atoms. The average Bonchev–Trinajstić information content (AvgIpc) is 2.90. The molecule has 1 aromatic heterocycles. The Morgan fingerprint density at radius 3 is 2.60 bits per heavy atom. The van der Waals surface area contributed by atoms with Crippen LogP contribution in [-0.2, 0) is 11.3 Å². The molecular formula is C18H17N3O4. The number of fused-ring (bicyclic) bond motifs is 1. The number of benzene rings is 2. The van der Waals surface area contributed by atoms with E-state index in [2.05, 4.69) is 4.98 Å². The summed E-state index contributed by atoms with van der Waals surface area (Å²) in [6, 6.07) is 11.7. The van der Waals surface area contributed by atoms with Crippen LogP contribution < -0.4 is 0 Å². The third-order valence-electron chi connectivity index (χ3n) is 3.94. The molecule has 25 heavy (non-hydrogen) atoms. The van der Waals surface area contributed by atoms with Crippen molar-refractivity contribution >= 4 is 22.7 Å². The fourth-order valence-electron chi connectivity index (χ4n) is 2.69. The van der Waals surface area contributed by atoms with E-state index in [0.717, 1.165) is 22.4 Å². The Morgan fingerprint density at radius 1 is 1.24 bits per heavy atom. The van der Waals surface area contributed by atoms with Gasteiger partial charge in [0.15, 0.2) is 0 Å². The van der Waals surface area contributed by atoms with Crippen LogP contribution in [0.15, 0.2) is 42.5 Å². The minimum Gasteiger partial charge on any atom is -0.462 e. The molecule has 1 heterocycles. The minimum absolute atomic E-state index is 0.0561. The van der Waals surface area contributed by atoms with Crippen molar-refractivity contribution in [3.05, 3.63) is 69.5 Å². The maximum absolute atomic E-state index is 12.0. The molecule has 0 amide bonds. The van der Waals surface area contributed by atoms with Crippen LogP contribution in [0.3, 0.4) is 0 Å². The maximum atomic E-state index is 12.0. The van der Waals surface area contributed by atoms with Crippen molar-refractivity contribution in [1.82, 2.24) is 9.55 Å². The van der Waals surface area contributed by atoms with Crippen molar-refractivity contribution in [1.29, 1.82) is 0 Å². The lowest BCUT2D eigenvalue weighted by molar-refractivity contribution is -0.384. The Morgan fingerprint density at radius 2 is 1.96 bits per heavy atom. The molecule has 0 unspecified atom stereocenters. The van der Waals surface area contributed by atoms with Crippen LogP contribution in [0.4, 0.5) is 5.69 Å². The summed E-state index contributed by atoms with van der Waals surface area (Å²) >= 11 is 0. The normalized spacial score (nSPS) is 10.8. The second-order valence-corrected chi connectivity index (χ2v) is 5.59. The molecule has 7 nitrogen and oxygen atoms in total. The first-order chi connectivity index (χ1) is 12.0. The van der Waals surface area contributed by atoms with Gasteiger partial charge in [-0.25, -0.2) is 9.78 Å². The first kappa shape index (κ1) is 16.6. The molecule has 0 fully saturated rings. The van der Waals surface area contributed by atoms with Crippen LogP contribution in [0, 0.1) is 17.0 Å². The number of hydrogen-bond donors (Lipinski definition) is 0. The summed E-state index contributed by atoms with van der Waals surface area (Å²) in [5.74, 6) is 0.430. The second-order valence-electron chi connectivity index (χ2n) is 5.59. The maximum Gasteiger partial charge on any atom is 0.338 e. The number of hydrogen-bond acceptors (Lipinski definition) is 5. The zero-order valence-electron chi connectivity index (χ0n) is 13.9. The number of rotatable bonds is 5. The van der Waals surface area contributed by atoms with Crippen LogP contribution in [-0.4, -0.2) is 27.1 Å². The third kappa shape index (κ3) is 3.35. The quantitative estimate of drug-likeness (QED) is 0.403. The molecule has 0 saturated carbocycles. The van der Waals surface area contributed by atoms with Crippen LogP contribution in [0.5, 0.6) is 0 Å². The van der Waals surface area contributed by atoms with E-state index in [9.17, 15) is 14.9 Å². The van der Waals surface area contributed by atoms with Gasteiger partial charge in [0.1, 0.15) is 5.82 Å². The van der Waals surface area contributed by atoms with Gasteiger partial charge in [-0.3, -0.25) is 10.1 Å². The van der Waals surface area contributed by atoms with Crippen molar-refractivity contribution in [2.75, 3.05) is 6.61 Å². The molecule has 7 heteroatoms. The Balaban J connectivity index is 1.97. The predicted molar refractivity (Wildman–Crippen MR) is 92.6 cm³/mol. The van der Waals surface area contributed by atoms with Crippen molar-refractivity contribution in [2.45, 2.75) is 20.4 Å². The fourth-order valence-corrected chi connectivity index (χ4v) is 2.69. The van der Waals surface area contributed by atoms with Gasteiger partial charge in [-0.05, 0) is 37.6 Å². The topological polar surface area (TPSA) is 87.3 Å². The van der Waals surface area contributed by atoms with E-state index in [-0.39, 0.29) is 11.7 Å². The molecular weight excluding hydrogens is 322 g/mol. The van der Waals surface area contributed by atoms with Crippen molar-refractivity contribution < 1.29 is 14.5 Å². The number of imidazole rings is 1.